The van der Waals surface area contributed by atoms with Gasteiger partial charge in [-0.3, -0.25) is 9.59 Å². The van der Waals surface area contributed by atoms with E-state index in [2.05, 4.69) is 15.5 Å². The van der Waals surface area contributed by atoms with Gasteiger partial charge in [0, 0.05) is 26.4 Å². The molecule has 1 saturated heterocycles. The summed E-state index contributed by atoms with van der Waals surface area (Å²) in [5.41, 5.74) is 0.243. The van der Waals surface area contributed by atoms with Crippen molar-refractivity contribution in [3.63, 3.8) is 0 Å². The van der Waals surface area contributed by atoms with Crippen LogP contribution in [0.2, 0.25) is 0 Å². The summed E-state index contributed by atoms with van der Waals surface area (Å²) < 4.78 is 15.6. The maximum Gasteiger partial charge on any atom is 0.226 e. The van der Waals surface area contributed by atoms with Crippen LogP contribution in [0, 0.1) is 12.8 Å². The molecule has 9 heteroatoms. The van der Waals surface area contributed by atoms with E-state index in [9.17, 15) is 9.59 Å². The highest BCUT2D eigenvalue weighted by Gasteiger charge is 2.37. The topological polar surface area (TPSA) is 107 Å². The van der Waals surface area contributed by atoms with Crippen LogP contribution in [0.4, 0.5) is 0 Å². The van der Waals surface area contributed by atoms with E-state index in [1.165, 1.54) is 0 Å². The van der Waals surface area contributed by atoms with E-state index in [-0.39, 0.29) is 18.2 Å². The van der Waals surface area contributed by atoms with E-state index in [0.29, 0.717) is 42.7 Å². The van der Waals surface area contributed by atoms with Gasteiger partial charge in [-0.2, -0.15) is 4.98 Å². The maximum absolute atomic E-state index is 12.8. The number of amides is 2. The normalized spacial score (nSPS) is 16.6. The van der Waals surface area contributed by atoms with Crippen molar-refractivity contribution in [3.8, 4) is 11.5 Å². The number of benzene rings is 1. The molecule has 0 bridgehead atoms. The zero-order valence-corrected chi connectivity index (χ0v) is 18.0. The van der Waals surface area contributed by atoms with E-state index >= 15 is 0 Å². The standard InChI is InChI=1S/C21H28N4O5/c1-13-22-20(24-30-13)21(2,3)23-19(27)15-11-18(26)25(12-15)9-8-14-6-7-16(28-4)17(10-14)29-5/h6-7,10,15H,8-9,11-12H2,1-5H3,(H,23,27). The molecule has 1 aliphatic rings. The first-order valence-corrected chi connectivity index (χ1v) is 9.85. The monoisotopic (exact) mass is 416 g/mol. The van der Waals surface area contributed by atoms with E-state index in [4.69, 9.17) is 14.0 Å². The first-order valence-electron chi connectivity index (χ1n) is 9.85. The lowest BCUT2D eigenvalue weighted by atomic mass is 10.0. The predicted molar refractivity (Wildman–Crippen MR) is 108 cm³/mol. The van der Waals surface area contributed by atoms with E-state index in [1.54, 1.807) is 39.9 Å². The molecule has 1 atom stereocenters. The molecule has 1 unspecified atom stereocenters. The second kappa shape index (κ2) is 8.73. The summed E-state index contributed by atoms with van der Waals surface area (Å²) in [7, 11) is 3.18. The molecule has 2 heterocycles. The minimum absolute atomic E-state index is 0.0242. The van der Waals surface area contributed by atoms with Gasteiger partial charge >= 0.3 is 0 Å². The number of carbonyl (C=O) groups excluding carboxylic acids is 2. The summed E-state index contributed by atoms with van der Waals surface area (Å²) in [6.45, 7) is 6.23. The minimum atomic E-state index is -0.787. The molecule has 0 aliphatic carbocycles. The predicted octanol–water partition coefficient (Wildman–Crippen LogP) is 1.84. The number of methoxy groups -OCH3 is 2. The summed E-state index contributed by atoms with van der Waals surface area (Å²) >= 11 is 0. The van der Waals surface area contributed by atoms with Crippen LogP contribution in [0.15, 0.2) is 22.7 Å². The minimum Gasteiger partial charge on any atom is -0.493 e. The van der Waals surface area contributed by atoms with Crippen molar-refractivity contribution in [1.82, 2.24) is 20.4 Å². The van der Waals surface area contributed by atoms with Crippen molar-refractivity contribution >= 4 is 11.8 Å². The second-order valence-corrected chi connectivity index (χ2v) is 7.93. The van der Waals surface area contributed by atoms with Gasteiger partial charge in [-0.15, -0.1) is 0 Å². The molecule has 162 valence electrons. The van der Waals surface area contributed by atoms with Gasteiger partial charge in [0.15, 0.2) is 17.3 Å². The van der Waals surface area contributed by atoms with E-state index in [1.807, 2.05) is 18.2 Å². The molecule has 0 spiro atoms. The number of nitrogens with one attached hydrogen (secondary N) is 1. The Morgan fingerprint density at radius 1 is 1.30 bits per heavy atom. The summed E-state index contributed by atoms with van der Waals surface area (Å²) in [6.07, 6.45) is 0.854. The van der Waals surface area contributed by atoms with Gasteiger partial charge in [0.25, 0.3) is 0 Å². The molecule has 9 nitrogen and oxygen atoms in total. The number of ether oxygens (including phenoxy) is 2. The average Bonchev–Trinajstić information content (AvgIpc) is 3.32. The van der Waals surface area contributed by atoms with Gasteiger partial charge in [0.1, 0.15) is 0 Å². The highest BCUT2D eigenvalue weighted by atomic mass is 16.5. The third-order valence-electron chi connectivity index (χ3n) is 5.23. The van der Waals surface area contributed by atoms with Gasteiger partial charge in [0.05, 0.1) is 25.7 Å². The third kappa shape index (κ3) is 4.72. The van der Waals surface area contributed by atoms with Crippen LogP contribution in [0.25, 0.3) is 0 Å². The summed E-state index contributed by atoms with van der Waals surface area (Å²) in [5.74, 6) is 1.53. The molecular formula is C21H28N4O5. The number of nitrogens with zero attached hydrogens (tertiary/aromatic N) is 3. The molecule has 3 rings (SSSR count). The molecule has 1 aromatic carbocycles. The first kappa shape index (κ1) is 21.6. The lowest BCUT2D eigenvalue weighted by Gasteiger charge is -2.24. The average molecular weight is 416 g/mol. The number of aryl methyl sites for hydroxylation is 1. The van der Waals surface area contributed by atoms with E-state index in [0.717, 1.165) is 5.56 Å². The second-order valence-electron chi connectivity index (χ2n) is 7.93. The molecule has 1 fully saturated rings. The van der Waals surface area contributed by atoms with Crippen molar-refractivity contribution in [2.75, 3.05) is 27.3 Å². The van der Waals surface area contributed by atoms with Gasteiger partial charge in [-0.1, -0.05) is 11.2 Å². The lowest BCUT2D eigenvalue weighted by molar-refractivity contribution is -0.129. The van der Waals surface area contributed by atoms with Crippen molar-refractivity contribution in [1.29, 1.82) is 0 Å². The number of hydrogen-bond donors (Lipinski definition) is 1. The van der Waals surface area contributed by atoms with Crippen LogP contribution in [-0.2, 0) is 21.5 Å². The van der Waals surface area contributed by atoms with Gasteiger partial charge in [-0.25, -0.2) is 0 Å². The molecule has 0 radical (unpaired) electrons. The quantitative estimate of drug-likeness (QED) is 0.700. The Balaban J connectivity index is 1.57. The Kier molecular flexibility index (Phi) is 6.28. The largest absolute Gasteiger partial charge is 0.493 e. The SMILES string of the molecule is COc1ccc(CCN2CC(C(=O)NC(C)(C)c3noc(C)n3)CC2=O)cc1OC. The van der Waals surface area contributed by atoms with Crippen LogP contribution < -0.4 is 14.8 Å². The van der Waals surface area contributed by atoms with Crippen LogP contribution in [0.3, 0.4) is 0 Å². The fourth-order valence-corrected chi connectivity index (χ4v) is 3.48. The van der Waals surface area contributed by atoms with Gasteiger partial charge < -0.3 is 24.2 Å². The summed E-state index contributed by atoms with van der Waals surface area (Å²) in [4.78, 5) is 31.1. The number of aromatic nitrogens is 2. The Labute approximate surface area is 175 Å². The number of carbonyl (C=O) groups is 2. The Morgan fingerprint density at radius 3 is 2.67 bits per heavy atom. The van der Waals surface area contributed by atoms with Gasteiger partial charge in [0.2, 0.25) is 17.7 Å². The highest BCUT2D eigenvalue weighted by molar-refractivity contribution is 5.89. The maximum atomic E-state index is 12.8. The number of rotatable bonds is 8. The van der Waals surface area contributed by atoms with Crippen molar-refractivity contribution in [3.05, 3.63) is 35.5 Å². The fraction of sp³-hybridized carbons (Fsp3) is 0.524. The number of likely N-dealkylation sites (tertiary alicyclic amines) is 1. The summed E-state index contributed by atoms with van der Waals surface area (Å²) in [6, 6.07) is 5.69. The lowest BCUT2D eigenvalue weighted by Crippen LogP contribution is -2.45. The molecule has 1 aliphatic heterocycles. The van der Waals surface area contributed by atoms with Crippen LogP contribution in [0.5, 0.6) is 11.5 Å². The Bertz CT molecular complexity index is 924. The van der Waals surface area contributed by atoms with Gasteiger partial charge in [-0.05, 0) is 38.0 Å². The zero-order valence-electron chi connectivity index (χ0n) is 18.0. The van der Waals surface area contributed by atoms with Crippen molar-refractivity contribution < 1.29 is 23.6 Å². The summed E-state index contributed by atoms with van der Waals surface area (Å²) in [5, 5.41) is 6.83. The Hall–Kier alpha value is -3.10. The number of hydrogen-bond acceptors (Lipinski definition) is 7. The Morgan fingerprint density at radius 2 is 2.03 bits per heavy atom. The molecular weight excluding hydrogens is 388 g/mol. The first-order chi connectivity index (χ1) is 14.2. The molecule has 1 aromatic heterocycles. The van der Waals surface area contributed by atoms with Crippen LogP contribution in [0.1, 0.15) is 37.5 Å². The van der Waals surface area contributed by atoms with Crippen LogP contribution in [-0.4, -0.2) is 54.2 Å². The molecule has 2 aromatic rings. The zero-order chi connectivity index (χ0) is 21.9. The molecule has 1 N–H and O–H groups in total. The van der Waals surface area contributed by atoms with Crippen molar-refractivity contribution in [2.24, 2.45) is 5.92 Å². The fourth-order valence-electron chi connectivity index (χ4n) is 3.48. The molecule has 2 amide bonds. The molecule has 0 saturated carbocycles. The van der Waals surface area contributed by atoms with E-state index < -0.39 is 11.5 Å². The molecule has 30 heavy (non-hydrogen) atoms. The smallest absolute Gasteiger partial charge is 0.226 e. The van der Waals surface area contributed by atoms with Crippen LogP contribution >= 0.6 is 0 Å². The third-order valence-corrected chi connectivity index (χ3v) is 5.23. The highest BCUT2D eigenvalue weighted by Crippen LogP contribution is 2.28. The van der Waals surface area contributed by atoms with Crippen molar-refractivity contribution in [2.45, 2.75) is 39.2 Å².